The summed E-state index contributed by atoms with van der Waals surface area (Å²) in [6.07, 6.45) is 9.67. The Labute approximate surface area is 180 Å². The molecule has 158 valence electrons. The van der Waals surface area contributed by atoms with Gasteiger partial charge in [0.05, 0.1) is 35.4 Å². The minimum absolute atomic E-state index is 0.0315. The molecule has 0 bridgehead atoms. The second-order valence-corrected chi connectivity index (χ2v) is 9.63. The van der Waals surface area contributed by atoms with Crippen molar-refractivity contribution in [3.05, 3.63) is 45.8 Å². The van der Waals surface area contributed by atoms with Crippen molar-refractivity contribution in [3.63, 3.8) is 0 Å². The lowest BCUT2D eigenvalue weighted by molar-refractivity contribution is -0.183. The molecule has 1 aliphatic heterocycles. The summed E-state index contributed by atoms with van der Waals surface area (Å²) in [6.45, 7) is 4.57. The molecule has 1 atom stereocenters. The first-order valence-electron chi connectivity index (χ1n) is 10.8. The van der Waals surface area contributed by atoms with Gasteiger partial charge in [-0.25, -0.2) is 19.5 Å². The molecule has 3 aromatic rings. The van der Waals surface area contributed by atoms with Crippen LogP contribution in [0.25, 0.3) is 5.65 Å². The SMILES string of the molecule is Cc1cn2ncc(C[C@H]3CC[C@H](C(=O)N4OCC[C@H]4c4csc(C)n4)CC3)cc2n1. The molecular weight excluding hydrogens is 398 g/mol. The molecule has 2 fully saturated rings. The van der Waals surface area contributed by atoms with Gasteiger partial charge in [-0.3, -0.25) is 9.63 Å². The number of aryl methyl sites for hydroxylation is 2. The molecule has 1 saturated heterocycles. The number of aromatic nitrogens is 4. The summed E-state index contributed by atoms with van der Waals surface area (Å²) in [5, 5.41) is 9.18. The Balaban J connectivity index is 1.19. The maximum absolute atomic E-state index is 13.2. The summed E-state index contributed by atoms with van der Waals surface area (Å²) in [5.74, 6) is 0.778. The molecule has 4 heterocycles. The predicted molar refractivity (Wildman–Crippen MR) is 114 cm³/mol. The first-order chi connectivity index (χ1) is 14.6. The van der Waals surface area contributed by atoms with Crippen LogP contribution in [0.5, 0.6) is 0 Å². The molecule has 0 unspecified atom stereocenters. The van der Waals surface area contributed by atoms with E-state index in [0.717, 1.165) is 60.6 Å². The van der Waals surface area contributed by atoms with E-state index in [1.165, 1.54) is 5.56 Å². The molecular formula is C22H27N5O2S. The third kappa shape index (κ3) is 3.86. The van der Waals surface area contributed by atoms with Crippen molar-refractivity contribution in [2.24, 2.45) is 11.8 Å². The van der Waals surface area contributed by atoms with E-state index in [4.69, 9.17) is 4.84 Å². The van der Waals surface area contributed by atoms with Crippen LogP contribution in [-0.4, -0.2) is 37.2 Å². The Hall–Kier alpha value is -2.32. The van der Waals surface area contributed by atoms with Gasteiger partial charge in [0.25, 0.3) is 0 Å². The van der Waals surface area contributed by atoms with Gasteiger partial charge >= 0.3 is 0 Å². The van der Waals surface area contributed by atoms with Crippen LogP contribution in [0, 0.1) is 25.7 Å². The van der Waals surface area contributed by atoms with Gasteiger partial charge < -0.3 is 0 Å². The smallest absolute Gasteiger partial charge is 0.249 e. The van der Waals surface area contributed by atoms with Crippen LogP contribution < -0.4 is 0 Å². The molecule has 5 rings (SSSR count). The van der Waals surface area contributed by atoms with Gasteiger partial charge in [0.15, 0.2) is 5.65 Å². The molecule has 7 nitrogen and oxygen atoms in total. The molecule has 1 aliphatic carbocycles. The van der Waals surface area contributed by atoms with Gasteiger partial charge in [-0.1, -0.05) is 0 Å². The molecule has 1 amide bonds. The molecule has 3 aromatic heterocycles. The van der Waals surface area contributed by atoms with E-state index in [2.05, 4.69) is 26.5 Å². The average Bonchev–Trinajstić information content (AvgIpc) is 3.46. The fraction of sp³-hybridized carbons (Fsp3) is 0.545. The zero-order valence-corrected chi connectivity index (χ0v) is 18.3. The number of fused-ring (bicyclic) bond motifs is 1. The number of amides is 1. The highest BCUT2D eigenvalue weighted by Gasteiger charge is 2.38. The van der Waals surface area contributed by atoms with E-state index >= 15 is 0 Å². The van der Waals surface area contributed by atoms with Gasteiger partial charge in [0.1, 0.15) is 6.04 Å². The van der Waals surface area contributed by atoms with Crippen molar-refractivity contribution in [1.29, 1.82) is 0 Å². The van der Waals surface area contributed by atoms with Gasteiger partial charge in [-0.05, 0) is 63.5 Å². The van der Waals surface area contributed by atoms with Gasteiger partial charge in [0, 0.05) is 17.7 Å². The molecule has 0 radical (unpaired) electrons. The van der Waals surface area contributed by atoms with Crippen LogP contribution in [0.2, 0.25) is 0 Å². The van der Waals surface area contributed by atoms with E-state index < -0.39 is 0 Å². The highest BCUT2D eigenvalue weighted by atomic mass is 32.1. The number of thiazole rings is 1. The Morgan fingerprint density at radius 1 is 1.20 bits per heavy atom. The fourth-order valence-corrected chi connectivity index (χ4v) is 5.42. The van der Waals surface area contributed by atoms with Crippen molar-refractivity contribution < 1.29 is 9.63 Å². The van der Waals surface area contributed by atoms with Gasteiger partial charge in [-0.15, -0.1) is 11.3 Å². The highest BCUT2D eigenvalue weighted by Crippen LogP contribution is 2.37. The monoisotopic (exact) mass is 425 g/mol. The van der Waals surface area contributed by atoms with Crippen LogP contribution >= 0.6 is 11.3 Å². The van der Waals surface area contributed by atoms with Gasteiger partial charge in [0.2, 0.25) is 5.91 Å². The van der Waals surface area contributed by atoms with Crippen LogP contribution in [-0.2, 0) is 16.1 Å². The second kappa shape index (κ2) is 8.07. The number of carbonyl (C=O) groups excluding carboxylic acids is 1. The normalized spacial score (nSPS) is 24.6. The number of hydrogen-bond donors (Lipinski definition) is 0. The third-order valence-electron chi connectivity index (χ3n) is 6.32. The van der Waals surface area contributed by atoms with Crippen molar-refractivity contribution >= 4 is 22.9 Å². The van der Waals surface area contributed by atoms with Gasteiger partial charge in [-0.2, -0.15) is 5.10 Å². The van der Waals surface area contributed by atoms with Crippen LogP contribution in [0.1, 0.15) is 60.1 Å². The Morgan fingerprint density at radius 2 is 2.03 bits per heavy atom. The quantitative estimate of drug-likeness (QED) is 0.630. The standard InChI is InChI=1S/C22H27N5O2S/c1-14-12-26-21(24-14)10-17(11-23-26)9-16-3-5-18(6-4-16)22(28)27-20(7-8-29-27)19-13-30-15(2)25-19/h10-13,16,18,20H,3-9H2,1-2H3/t16-,18-,20-/m0/s1. The Kier molecular flexibility index (Phi) is 5.28. The van der Waals surface area contributed by atoms with E-state index in [1.54, 1.807) is 16.4 Å². The Morgan fingerprint density at radius 3 is 2.80 bits per heavy atom. The number of hydrogen-bond acceptors (Lipinski definition) is 6. The highest BCUT2D eigenvalue weighted by molar-refractivity contribution is 7.09. The number of hydroxylamine groups is 2. The molecule has 1 saturated carbocycles. The molecule has 0 spiro atoms. The minimum atomic E-state index is -0.0315. The van der Waals surface area contributed by atoms with Crippen LogP contribution in [0.15, 0.2) is 23.8 Å². The zero-order chi connectivity index (χ0) is 20.7. The average molecular weight is 426 g/mol. The predicted octanol–water partition coefficient (Wildman–Crippen LogP) is 4.06. The molecule has 0 aromatic carbocycles. The summed E-state index contributed by atoms with van der Waals surface area (Å²) in [7, 11) is 0. The summed E-state index contributed by atoms with van der Waals surface area (Å²) in [4.78, 5) is 28.0. The zero-order valence-electron chi connectivity index (χ0n) is 17.5. The number of imidazole rings is 1. The summed E-state index contributed by atoms with van der Waals surface area (Å²) in [6, 6.07) is 2.10. The van der Waals surface area contributed by atoms with E-state index in [1.807, 2.05) is 30.8 Å². The molecule has 30 heavy (non-hydrogen) atoms. The van der Waals surface area contributed by atoms with Crippen LogP contribution in [0.3, 0.4) is 0 Å². The summed E-state index contributed by atoms with van der Waals surface area (Å²) in [5.41, 5.74) is 4.08. The third-order valence-corrected chi connectivity index (χ3v) is 7.11. The number of nitrogens with zero attached hydrogens (tertiary/aromatic N) is 5. The van der Waals surface area contributed by atoms with Crippen molar-refractivity contribution in [2.75, 3.05) is 6.61 Å². The minimum Gasteiger partial charge on any atom is -0.272 e. The number of rotatable bonds is 4. The van der Waals surface area contributed by atoms with Crippen molar-refractivity contribution in [2.45, 2.75) is 58.4 Å². The van der Waals surface area contributed by atoms with E-state index in [-0.39, 0.29) is 17.9 Å². The second-order valence-electron chi connectivity index (χ2n) is 8.56. The van der Waals surface area contributed by atoms with E-state index in [0.29, 0.717) is 12.5 Å². The lowest BCUT2D eigenvalue weighted by atomic mass is 9.79. The molecule has 8 heteroatoms. The summed E-state index contributed by atoms with van der Waals surface area (Å²) < 4.78 is 1.82. The first-order valence-corrected chi connectivity index (χ1v) is 11.6. The number of carbonyl (C=O) groups is 1. The van der Waals surface area contributed by atoms with Crippen LogP contribution in [0.4, 0.5) is 0 Å². The lowest BCUT2D eigenvalue weighted by Crippen LogP contribution is -2.36. The van der Waals surface area contributed by atoms with Crippen molar-refractivity contribution in [1.82, 2.24) is 24.6 Å². The summed E-state index contributed by atoms with van der Waals surface area (Å²) >= 11 is 1.63. The Bertz CT molecular complexity index is 1050. The molecule has 2 aliphatic rings. The van der Waals surface area contributed by atoms with E-state index in [9.17, 15) is 4.79 Å². The lowest BCUT2D eigenvalue weighted by Gasteiger charge is -2.31. The first kappa shape index (κ1) is 19.6. The largest absolute Gasteiger partial charge is 0.272 e. The topological polar surface area (TPSA) is 72.6 Å². The maximum Gasteiger partial charge on any atom is 0.249 e. The van der Waals surface area contributed by atoms with Crippen molar-refractivity contribution in [3.8, 4) is 0 Å². The fourth-order valence-electron chi connectivity index (χ4n) is 4.76. The molecule has 0 N–H and O–H groups in total. The maximum atomic E-state index is 13.2.